The van der Waals surface area contributed by atoms with Gasteiger partial charge in [-0.15, -0.1) is 0 Å². The summed E-state index contributed by atoms with van der Waals surface area (Å²) in [5, 5.41) is 8.68. The van der Waals surface area contributed by atoms with E-state index in [0.29, 0.717) is 0 Å². The Bertz CT molecular complexity index is 1460. The molecule has 3 nitrogen and oxygen atoms in total. The maximum absolute atomic E-state index is 11.0. The number of carbonyl (C=O) groups excluding carboxylic acids is 1. The number of aliphatic hydroxyl groups is 1. The molecular formula is C35H28O3. The maximum Gasteiger partial charge on any atom is 0.330 e. The Hall–Kier alpha value is -5.09. The van der Waals surface area contributed by atoms with E-state index in [1.54, 1.807) is 12.2 Å². The fourth-order valence-electron chi connectivity index (χ4n) is 3.11. The van der Waals surface area contributed by atoms with Gasteiger partial charge in [-0.1, -0.05) is 96.5 Å². The molecule has 0 aliphatic heterocycles. The van der Waals surface area contributed by atoms with E-state index in [1.165, 1.54) is 13.2 Å². The Morgan fingerprint density at radius 3 is 1.42 bits per heavy atom. The predicted octanol–water partition coefficient (Wildman–Crippen LogP) is 6.36. The van der Waals surface area contributed by atoms with Crippen molar-refractivity contribution in [2.75, 3.05) is 13.7 Å². The lowest BCUT2D eigenvalue weighted by molar-refractivity contribution is -0.134. The number of methoxy groups -OCH3 is 1. The van der Waals surface area contributed by atoms with Crippen molar-refractivity contribution < 1.29 is 14.6 Å². The van der Waals surface area contributed by atoms with Crippen LogP contribution in [0, 0.1) is 23.7 Å². The number of carbonyl (C=O) groups is 1. The number of esters is 1. The van der Waals surface area contributed by atoms with Crippen LogP contribution < -0.4 is 0 Å². The van der Waals surface area contributed by atoms with Gasteiger partial charge in [0.15, 0.2) is 0 Å². The summed E-state index contributed by atoms with van der Waals surface area (Å²) in [6.07, 6.45) is 6.70. The molecule has 0 aliphatic rings. The van der Waals surface area contributed by atoms with E-state index in [1.807, 2.05) is 115 Å². The summed E-state index contributed by atoms with van der Waals surface area (Å²) >= 11 is 0. The van der Waals surface area contributed by atoms with E-state index in [9.17, 15) is 4.79 Å². The summed E-state index contributed by atoms with van der Waals surface area (Å²) < 4.78 is 4.54. The van der Waals surface area contributed by atoms with Crippen molar-refractivity contribution in [3.05, 3.63) is 155 Å². The minimum atomic E-state index is -0.363. The van der Waals surface area contributed by atoms with Crippen LogP contribution in [0.5, 0.6) is 0 Å². The quantitative estimate of drug-likeness (QED) is 0.203. The topological polar surface area (TPSA) is 46.5 Å². The Morgan fingerprint density at radius 1 is 0.632 bits per heavy atom. The summed E-state index contributed by atoms with van der Waals surface area (Å²) in [7, 11) is 1.36. The highest BCUT2D eigenvalue weighted by atomic mass is 16.5. The molecule has 186 valence electrons. The monoisotopic (exact) mass is 496 g/mol. The third kappa shape index (κ3) is 10.3. The van der Waals surface area contributed by atoms with Crippen LogP contribution in [0.25, 0.3) is 12.2 Å². The molecule has 0 bridgehead atoms. The van der Waals surface area contributed by atoms with Crippen LogP contribution in [0.15, 0.2) is 121 Å². The zero-order chi connectivity index (χ0) is 26.8. The largest absolute Gasteiger partial charge is 0.466 e. The molecule has 0 spiro atoms. The van der Waals surface area contributed by atoms with Crippen LogP contribution in [0.2, 0.25) is 0 Å². The predicted molar refractivity (Wildman–Crippen MR) is 155 cm³/mol. The molecule has 0 saturated carbocycles. The first-order valence-corrected chi connectivity index (χ1v) is 12.0. The molecule has 4 rings (SSSR count). The summed E-state index contributed by atoms with van der Waals surface area (Å²) in [5.41, 5.74) is 5.92. The summed E-state index contributed by atoms with van der Waals surface area (Å²) in [6.45, 7) is 0.0650. The molecule has 4 aromatic carbocycles. The van der Waals surface area contributed by atoms with Crippen molar-refractivity contribution >= 4 is 18.1 Å². The van der Waals surface area contributed by atoms with E-state index in [-0.39, 0.29) is 12.6 Å². The average Bonchev–Trinajstić information content (AvgIpc) is 2.99. The van der Waals surface area contributed by atoms with E-state index >= 15 is 0 Å². The molecular weight excluding hydrogens is 468 g/mol. The smallest absolute Gasteiger partial charge is 0.330 e. The normalized spacial score (nSPS) is 9.95. The van der Waals surface area contributed by atoms with Crippen LogP contribution in [-0.2, 0) is 9.53 Å². The van der Waals surface area contributed by atoms with Gasteiger partial charge < -0.3 is 9.84 Å². The standard InChI is InChI=1S/C18H14O2.C17H14O/c1-20-18(19)14-13-17-11-9-16(10-12-17)8-7-15-5-3-2-4-6-15;18-14-4-7-16-9-12-17(13-10-16)11-8-15-5-2-1-3-6-15/h2-6,9-14H,1H3;1-7,9-10,12-13,18H,14H2/b14-13+;7-4+. The molecule has 1 N–H and O–H groups in total. The van der Waals surface area contributed by atoms with Crippen molar-refractivity contribution in [3.8, 4) is 23.7 Å². The molecule has 0 aromatic heterocycles. The number of ether oxygens (including phenoxy) is 1. The van der Waals surface area contributed by atoms with Gasteiger partial charge in [-0.3, -0.25) is 0 Å². The second-order valence-corrected chi connectivity index (χ2v) is 7.92. The zero-order valence-electron chi connectivity index (χ0n) is 21.2. The van der Waals surface area contributed by atoms with E-state index in [2.05, 4.69) is 28.4 Å². The van der Waals surface area contributed by atoms with Crippen molar-refractivity contribution in [2.45, 2.75) is 0 Å². The van der Waals surface area contributed by atoms with E-state index < -0.39 is 0 Å². The van der Waals surface area contributed by atoms with Gasteiger partial charge in [0.25, 0.3) is 0 Å². The molecule has 0 unspecified atom stereocenters. The Kier molecular flexibility index (Phi) is 11.4. The fourth-order valence-corrected chi connectivity index (χ4v) is 3.11. The number of hydrogen-bond acceptors (Lipinski definition) is 3. The van der Waals surface area contributed by atoms with Crippen molar-refractivity contribution in [1.29, 1.82) is 0 Å². The third-order valence-electron chi connectivity index (χ3n) is 5.10. The second kappa shape index (κ2) is 15.8. The van der Waals surface area contributed by atoms with Gasteiger partial charge in [0.05, 0.1) is 13.7 Å². The Morgan fingerprint density at radius 2 is 1.03 bits per heavy atom. The molecule has 0 aliphatic carbocycles. The first-order chi connectivity index (χ1) is 18.7. The lowest BCUT2D eigenvalue weighted by Crippen LogP contribution is -1.93. The molecule has 0 fully saturated rings. The molecule has 4 aromatic rings. The van der Waals surface area contributed by atoms with E-state index in [4.69, 9.17) is 5.11 Å². The second-order valence-electron chi connectivity index (χ2n) is 7.92. The van der Waals surface area contributed by atoms with Crippen LogP contribution in [0.1, 0.15) is 33.4 Å². The van der Waals surface area contributed by atoms with Crippen molar-refractivity contribution in [1.82, 2.24) is 0 Å². The van der Waals surface area contributed by atoms with Crippen molar-refractivity contribution in [2.24, 2.45) is 0 Å². The van der Waals surface area contributed by atoms with Gasteiger partial charge in [-0.05, 0) is 65.7 Å². The van der Waals surface area contributed by atoms with Crippen molar-refractivity contribution in [3.63, 3.8) is 0 Å². The Balaban J connectivity index is 0.000000212. The van der Waals surface area contributed by atoms with Crippen LogP contribution in [0.3, 0.4) is 0 Å². The molecule has 38 heavy (non-hydrogen) atoms. The Labute approximate surface area is 224 Å². The van der Waals surface area contributed by atoms with E-state index in [0.717, 1.165) is 33.4 Å². The lowest BCUT2D eigenvalue weighted by atomic mass is 10.1. The first kappa shape index (κ1) is 27.5. The summed E-state index contributed by atoms with van der Waals surface area (Å²) in [5.74, 6) is 12.1. The maximum atomic E-state index is 11.0. The average molecular weight is 497 g/mol. The molecule has 0 heterocycles. The minimum absolute atomic E-state index is 0.0650. The third-order valence-corrected chi connectivity index (χ3v) is 5.10. The first-order valence-electron chi connectivity index (χ1n) is 12.0. The fraction of sp³-hybridized carbons (Fsp3) is 0.0571. The van der Waals surface area contributed by atoms with Gasteiger partial charge in [0, 0.05) is 28.3 Å². The number of hydrogen-bond donors (Lipinski definition) is 1. The highest BCUT2D eigenvalue weighted by Gasteiger charge is 1.93. The van der Waals surface area contributed by atoms with Gasteiger partial charge in [-0.2, -0.15) is 0 Å². The molecule has 0 saturated heterocycles. The van der Waals surface area contributed by atoms with Crippen LogP contribution in [-0.4, -0.2) is 24.8 Å². The zero-order valence-corrected chi connectivity index (χ0v) is 21.2. The minimum Gasteiger partial charge on any atom is -0.466 e. The van der Waals surface area contributed by atoms with Gasteiger partial charge in [0.2, 0.25) is 0 Å². The molecule has 0 atom stereocenters. The summed E-state index contributed by atoms with van der Waals surface area (Å²) in [4.78, 5) is 11.0. The lowest BCUT2D eigenvalue weighted by Gasteiger charge is -1.94. The van der Waals surface area contributed by atoms with Gasteiger partial charge in [0.1, 0.15) is 0 Å². The van der Waals surface area contributed by atoms with Crippen LogP contribution in [0.4, 0.5) is 0 Å². The number of rotatable bonds is 4. The molecule has 3 heteroatoms. The number of benzene rings is 4. The van der Waals surface area contributed by atoms with Crippen LogP contribution >= 0.6 is 0 Å². The summed E-state index contributed by atoms with van der Waals surface area (Å²) in [6, 6.07) is 35.4. The van der Waals surface area contributed by atoms with Gasteiger partial charge in [-0.25, -0.2) is 4.79 Å². The number of aliphatic hydroxyl groups excluding tert-OH is 1. The molecule has 0 amide bonds. The highest BCUT2D eigenvalue weighted by molar-refractivity contribution is 5.86. The SMILES string of the molecule is COC(=O)/C=C/c1ccc(C#Cc2ccccc2)cc1.OC/C=C/c1ccc(C#Cc2ccccc2)cc1. The highest BCUT2D eigenvalue weighted by Crippen LogP contribution is 2.07. The molecule has 0 radical (unpaired) electrons. The van der Waals surface area contributed by atoms with Gasteiger partial charge >= 0.3 is 5.97 Å².